The molecule has 26 heavy (non-hydrogen) atoms. The molecule has 0 unspecified atom stereocenters. The van der Waals surface area contributed by atoms with Crippen LogP contribution in [-0.4, -0.2) is 21.4 Å². The van der Waals surface area contributed by atoms with Crippen molar-refractivity contribution in [1.82, 2.24) is 14.9 Å². The fourth-order valence-electron chi connectivity index (χ4n) is 3.64. The van der Waals surface area contributed by atoms with E-state index in [0.717, 1.165) is 48.6 Å². The van der Waals surface area contributed by atoms with E-state index in [1.165, 1.54) is 18.6 Å². The first-order valence-corrected chi connectivity index (χ1v) is 9.12. The lowest BCUT2D eigenvalue weighted by molar-refractivity contribution is 0.241. The summed E-state index contributed by atoms with van der Waals surface area (Å²) in [6.45, 7) is 1.93. The Kier molecular flexibility index (Phi) is 5.02. The summed E-state index contributed by atoms with van der Waals surface area (Å²) in [6.07, 6.45) is 4.88. The van der Waals surface area contributed by atoms with Gasteiger partial charge in [0, 0.05) is 24.9 Å². The van der Waals surface area contributed by atoms with E-state index in [1.54, 1.807) is 0 Å². The monoisotopic (exact) mass is 347 g/mol. The number of likely N-dealkylation sites (tertiary alicyclic amines) is 1. The molecule has 0 amide bonds. The number of aromatic nitrogens is 2. The topological polar surface area (TPSA) is 29.0 Å². The van der Waals surface area contributed by atoms with Crippen LogP contribution in [-0.2, 0) is 13.0 Å². The second kappa shape index (κ2) is 7.75. The summed E-state index contributed by atoms with van der Waals surface area (Å²) in [5.41, 5.74) is 4.33. The van der Waals surface area contributed by atoms with E-state index in [-0.39, 0.29) is 5.82 Å². The zero-order chi connectivity index (χ0) is 17.8. The normalized spacial score (nSPS) is 17.5. The molecule has 1 aromatic carbocycles. The molecule has 0 saturated carbocycles. The van der Waals surface area contributed by atoms with Crippen LogP contribution < -0.4 is 0 Å². The fourth-order valence-corrected chi connectivity index (χ4v) is 3.64. The standard InChI is InChI=1S/C22H22FN3/c23-18-11-9-17(10-12-18)15-19-6-3-7-21(25-19)22-8-4-14-26(22)16-20-5-1-2-13-24-20/h1-3,5-7,9-13,22H,4,8,14-16H2/t22-/m0/s1. The van der Waals surface area contributed by atoms with Crippen LogP contribution >= 0.6 is 0 Å². The molecule has 1 saturated heterocycles. The van der Waals surface area contributed by atoms with E-state index >= 15 is 0 Å². The summed E-state index contributed by atoms with van der Waals surface area (Å²) < 4.78 is 13.1. The lowest BCUT2D eigenvalue weighted by atomic mass is 10.1. The molecule has 1 atom stereocenters. The lowest BCUT2D eigenvalue weighted by Crippen LogP contribution is -2.24. The molecular formula is C22H22FN3. The Morgan fingerprint density at radius 2 is 1.81 bits per heavy atom. The van der Waals surface area contributed by atoms with Crippen molar-refractivity contribution in [3.8, 4) is 0 Å². The average molecular weight is 347 g/mol. The summed E-state index contributed by atoms with van der Waals surface area (Å²) in [6, 6.07) is 19.3. The molecule has 0 spiro atoms. The third kappa shape index (κ3) is 3.97. The Bertz CT molecular complexity index is 849. The van der Waals surface area contributed by atoms with Gasteiger partial charge in [-0.05, 0) is 61.3 Å². The van der Waals surface area contributed by atoms with E-state index in [0.29, 0.717) is 6.04 Å². The van der Waals surface area contributed by atoms with Crippen LogP contribution in [0.5, 0.6) is 0 Å². The summed E-state index contributed by atoms with van der Waals surface area (Å²) in [5, 5.41) is 0. The maximum atomic E-state index is 13.1. The third-order valence-electron chi connectivity index (χ3n) is 4.92. The molecule has 0 N–H and O–H groups in total. The zero-order valence-electron chi connectivity index (χ0n) is 14.7. The third-order valence-corrected chi connectivity index (χ3v) is 4.92. The highest BCUT2D eigenvalue weighted by Gasteiger charge is 2.27. The molecule has 1 fully saturated rings. The van der Waals surface area contributed by atoms with Crippen molar-refractivity contribution in [2.45, 2.75) is 31.8 Å². The van der Waals surface area contributed by atoms with Crippen LogP contribution in [0.2, 0.25) is 0 Å². The smallest absolute Gasteiger partial charge is 0.123 e. The van der Waals surface area contributed by atoms with Crippen LogP contribution in [0.15, 0.2) is 66.9 Å². The highest BCUT2D eigenvalue weighted by Crippen LogP contribution is 2.32. The van der Waals surface area contributed by atoms with Gasteiger partial charge in [0.25, 0.3) is 0 Å². The zero-order valence-corrected chi connectivity index (χ0v) is 14.7. The number of nitrogens with zero attached hydrogens (tertiary/aromatic N) is 3. The molecule has 132 valence electrons. The second-order valence-corrected chi connectivity index (χ2v) is 6.81. The molecular weight excluding hydrogens is 325 g/mol. The minimum absolute atomic E-state index is 0.202. The quantitative estimate of drug-likeness (QED) is 0.678. The van der Waals surface area contributed by atoms with Gasteiger partial charge in [-0.1, -0.05) is 24.3 Å². The Balaban J connectivity index is 1.50. The molecule has 3 nitrogen and oxygen atoms in total. The van der Waals surface area contributed by atoms with Crippen LogP contribution in [0.3, 0.4) is 0 Å². The predicted octanol–water partition coefficient (Wildman–Crippen LogP) is 4.54. The van der Waals surface area contributed by atoms with E-state index in [4.69, 9.17) is 4.98 Å². The highest BCUT2D eigenvalue weighted by molar-refractivity contribution is 5.24. The number of hydrogen-bond acceptors (Lipinski definition) is 3. The van der Waals surface area contributed by atoms with E-state index in [1.807, 2.05) is 36.5 Å². The summed E-state index contributed by atoms with van der Waals surface area (Å²) in [4.78, 5) is 11.8. The van der Waals surface area contributed by atoms with Gasteiger partial charge in [0.15, 0.2) is 0 Å². The summed E-state index contributed by atoms with van der Waals surface area (Å²) in [5.74, 6) is -0.202. The second-order valence-electron chi connectivity index (χ2n) is 6.81. The van der Waals surface area contributed by atoms with Crippen molar-refractivity contribution in [3.05, 3.63) is 95.3 Å². The number of rotatable bonds is 5. The molecule has 4 heteroatoms. The predicted molar refractivity (Wildman–Crippen MR) is 100 cm³/mol. The van der Waals surface area contributed by atoms with Crippen LogP contribution in [0.1, 0.15) is 41.5 Å². The first-order chi connectivity index (χ1) is 12.8. The molecule has 0 aliphatic carbocycles. The van der Waals surface area contributed by atoms with Crippen molar-refractivity contribution in [3.63, 3.8) is 0 Å². The SMILES string of the molecule is Fc1ccc(Cc2cccc([C@@H]3CCCN3Cc3ccccn3)n2)cc1. The van der Waals surface area contributed by atoms with Crippen molar-refractivity contribution < 1.29 is 4.39 Å². The number of hydrogen-bond donors (Lipinski definition) is 0. The van der Waals surface area contributed by atoms with Crippen LogP contribution in [0.25, 0.3) is 0 Å². The van der Waals surface area contributed by atoms with Gasteiger partial charge in [0.1, 0.15) is 5.82 Å². The van der Waals surface area contributed by atoms with E-state index in [9.17, 15) is 4.39 Å². The average Bonchev–Trinajstić information content (AvgIpc) is 3.13. The first kappa shape index (κ1) is 16.9. The largest absolute Gasteiger partial charge is 0.289 e. The van der Waals surface area contributed by atoms with Gasteiger partial charge in [0.2, 0.25) is 0 Å². The number of halogens is 1. The van der Waals surface area contributed by atoms with Gasteiger partial charge >= 0.3 is 0 Å². The Morgan fingerprint density at radius 1 is 0.962 bits per heavy atom. The molecule has 0 radical (unpaired) electrons. The number of pyridine rings is 2. The van der Waals surface area contributed by atoms with Gasteiger partial charge in [0.05, 0.1) is 17.4 Å². The Hall–Kier alpha value is -2.59. The molecule has 3 aromatic rings. The minimum Gasteiger partial charge on any atom is -0.289 e. The molecule has 4 rings (SSSR count). The van der Waals surface area contributed by atoms with E-state index in [2.05, 4.69) is 28.1 Å². The van der Waals surface area contributed by atoms with E-state index < -0.39 is 0 Å². The maximum absolute atomic E-state index is 13.1. The number of benzene rings is 1. The molecule has 1 aliphatic heterocycles. The van der Waals surface area contributed by atoms with Crippen LogP contribution in [0.4, 0.5) is 4.39 Å². The highest BCUT2D eigenvalue weighted by atomic mass is 19.1. The maximum Gasteiger partial charge on any atom is 0.123 e. The first-order valence-electron chi connectivity index (χ1n) is 9.12. The van der Waals surface area contributed by atoms with Crippen molar-refractivity contribution in [2.24, 2.45) is 0 Å². The van der Waals surface area contributed by atoms with Crippen molar-refractivity contribution >= 4 is 0 Å². The van der Waals surface area contributed by atoms with Gasteiger partial charge in [-0.3, -0.25) is 14.9 Å². The van der Waals surface area contributed by atoms with Crippen molar-refractivity contribution in [2.75, 3.05) is 6.54 Å². The summed E-state index contributed by atoms with van der Waals surface area (Å²) in [7, 11) is 0. The molecule has 2 aromatic heterocycles. The molecule has 0 bridgehead atoms. The van der Waals surface area contributed by atoms with Gasteiger partial charge in [-0.15, -0.1) is 0 Å². The summed E-state index contributed by atoms with van der Waals surface area (Å²) >= 11 is 0. The lowest BCUT2D eigenvalue weighted by Gasteiger charge is -2.24. The van der Waals surface area contributed by atoms with Gasteiger partial charge in [-0.2, -0.15) is 0 Å². The minimum atomic E-state index is -0.202. The fraction of sp³-hybridized carbons (Fsp3) is 0.273. The molecule has 1 aliphatic rings. The van der Waals surface area contributed by atoms with Crippen molar-refractivity contribution in [1.29, 1.82) is 0 Å². The Morgan fingerprint density at radius 3 is 2.62 bits per heavy atom. The van der Waals surface area contributed by atoms with Crippen LogP contribution in [0, 0.1) is 5.82 Å². The Labute approximate surface area is 153 Å². The van der Waals surface area contributed by atoms with Gasteiger partial charge < -0.3 is 0 Å². The van der Waals surface area contributed by atoms with Gasteiger partial charge in [-0.25, -0.2) is 4.39 Å². The molecule has 3 heterocycles.